The van der Waals surface area contributed by atoms with Gasteiger partial charge in [-0.2, -0.15) is 0 Å². The third kappa shape index (κ3) is 2.94. The molecule has 0 unspecified atom stereocenters. The summed E-state index contributed by atoms with van der Waals surface area (Å²) in [5.74, 6) is -0.880. The second-order valence-corrected chi connectivity index (χ2v) is 5.40. The van der Waals surface area contributed by atoms with Gasteiger partial charge in [-0.3, -0.25) is 4.79 Å². The van der Waals surface area contributed by atoms with Crippen LogP contribution in [0.25, 0.3) is 0 Å². The zero-order chi connectivity index (χ0) is 13.1. The molecule has 2 rings (SSSR count). The van der Waals surface area contributed by atoms with Crippen LogP contribution in [0.2, 0.25) is 0 Å². The Morgan fingerprint density at radius 3 is 3.00 bits per heavy atom. The predicted molar refractivity (Wildman–Crippen MR) is 72.0 cm³/mol. The van der Waals surface area contributed by atoms with Gasteiger partial charge in [0.1, 0.15) is 5.82 Å². The van der Waals surface area contributed by atoms with Crippen LogP contribution in [-0.4, -0.2) is 22.8 Å². The second-order valence-electron chi connectivity index (χ2n) is 3.77. The van der Waals surface area contributed by atoms with Gasteiger partial charge in [-0.1, -0.05) is 15.9 Å². The minimum atomic E-state index is -0.520. The fourth-order valence-corrected chi connectivity index (χ4v) is 2.41. The Hall–Kier alpha value is -1.27. The first kappa shape index (κ1) is 13.2. The van der Waals surface area contributed by atoms with E-state index in [-0.39, 0.29) is 11.5 Å². The monoisotopic (exact) mass is 328 g/mol. The van der Waals surface area contributed by atoms with E-state index in [0.29, 0.717) is 11.0 Å². The van der Waals surface area contributed by atoms with Crippen molar-refractivity contribution < 1.29 is 9.18 Å². The van der Waals surface area contributed by atoms with Crippen molar-refractivity contribution in [2.45, 2.75) is 6.54 Å². The Kier molecular flexibility index (Phi) is 4.08. The average molecular weight is 329 g/mol. The van der Waals surface area contributed by atoms with Crippen LogP contribution >= 0.6 is 27.3 Å². The van der Waals surface area contributed by atoms with Crippen molar-refractivity contribution in [3.8, 4) is 0 Å². The van der Waals surface area contributed by atoms with Gasteiger partial charge >= 0.3 is 0 Å². The van der Waals surface area contributed by atoms with Crippen LogP contribution < -0.4 is 0 Å². The molecular weight excluding hydrogens is 319 g/mol. The number of aromatic nitrogens is 1. The highest BCUT2D eigenvalue weighted by Gasteiger charge is 2.17. The molecule has 18 heavy (non-hydrogen) atoms. The lowest BCUT2D eigenvalue weighted by molar-refractivity contribution is 0.0779. The third-order valence-corrected chi connectivity index (χ3v) is 3.52. The van der Waals surface area contributed by atoms with E-state index >= 15 is 0 Å². The van der Waals surface area contributed by atoms with Gasteiger partial charge in [-0.15, -0.1) is 11.3 Å². The van der Waals surface area contributed by atoms with E-state index in [1.807, 2.05) is 5.38 Å². The smallest absolute Gasteiger partial charge is 0.256 e. The molecule has 0 fully saturated rings. The van der Waals surface area contributed by atoms with E-state index in [9.17, 15) is 9.18 Å². The van der Waals surface area contributed by atoms with Gasteiger partial charge in [0.15, 0.2) is 0 Å². The number of thiazole rings is 1. The summed E-state index contributed by atoms with van der Waals surface area (Å²) in [4.78, 5) is 17.6. The van der Waals surface area contributed by atoms with Crippen molar-refractivity contribution >= 4 is 33.2 Å². The van der Waals surface area contributed by atoms with E-state index in [1.165, 1.54) is 28.4 Å². The topological polar surface area (TPSA) is 33.2 Å². The van der Waals surface area contributed by atoms with Gasteiger partial charge in [0.25, 0.3) is 5.91 Å². The molecule has 6 heteroatoms. The van der Waals surface area contributed by atoms with Gasteiger partial charge < -0.3 is 4.90 Å². The highest BCUT2D eigenvalue weighted by atomic mass is 79.9. The van der Waals surface area contributed by atoms with Crippen LogP contribution in [0.3, 0.4) is 0 Å². The van der Waals surface area contributed by atoms with Crippen molar-refractivity contribution in [1.29, 1.82) is 0 Å². The lowest BCUT2D eigenvalue weighted by atomic mass is 10.2. The van der Waals surface area contributed by atoms with Gasteiger partial charge in [-0.25, -0.2) is 9.37 Å². The standard InChI is InChI=1S/C12H10BrFN2OS/c1-16(5-9-6-18-7-15-9)12(17)10-4-8(13)2-3-11(10)14/h2-4,6-7H,5H2,1H3. The number of carbonyl (C=O) groups excluding carboxylic acids is 1. The number of halogens is 2. The molecule has 94 valence electrons. The Bertz CT molecular complexity index is 559. The Morgan fingerprint density at radius 2 is 2.33 bits per heavy atom. The molecule has 0 aliphatic heterocycles. The Morgan fingerprint density at radius 1 is 1.56 bits per heavy atom. The summed E-state index contributed by atoms with van der Waals surface area (Å²) in [5.41, 5.74) is 2.56. The number of carbonyl (C=O) groups is 1. The molecular formula is C12H10BrFN2OS. The van der Waals surface area contributed by atoms with E-state index in [2.05, 4.69) is 20.9 Å². The third-order valence-electron chi connectivity index (χ3n) is 2.39. The van der Waals surface area contributed by atoms with Crippen LogP contribution in [-0.2, 0) is 6.54 Å². The number of amides is 1. The first-order valence-electron chi connectivity index (χ1n) is 5.15. The second kappa shape index (κ2) is 5.58. The van der Waals surface area contributed by atoms with E-state index < -0.39 is 5.82 Å². The molecule has 1 amide bonds. The fraction of sp³-hybridized carbons (Fsp3) is 0.167. The highest BCUT2D eigenvalue weighted by Crippen LogP contribution is 2.17. The molecule has 0 radical (unpaired) electrons. The molecule has 1 heterocycles. The first-order valence-corrected chi connectivity index (χ1v) is 6.89. The van der Waals surface area contributed by atoms with Gasteiger partial charge in [0.05, 0.1) is 23.3 Å². The van der Waals surface area contributed by atoms with Crippen molar-refractivity contribution in [3.63, 3.8) is 0 Å². The van der Waals surface area contributed by atoms with Crippen molar-refractivity contribution in [2.75, 3.05) is 7.05 Å². The summed E-state index contributed by atoms with van der Waals surface area (Å²) >= 11 is 4.69. The van der Waals surface area contributed by atoms with Crippen LogP contribution in [0.1, 0.15) is 16.1 Å². The molecule has 0 aliphatic carbocycles. The molecule has 0 atom stereocenters. The Balaban J connectivity index is 2.17. The van der Waals surface area contributed by atoms with Crippen LogP contribution in [0.4, 0.5) is 4.39 Å². The molecule has 2 aromatic rings. The summed E-state index contributed by atoms with van der Waals surface area (Å²) in [5, 5.41) is 1.86. The molecule has 1 aromatic heterocycles. The van der Waals surface area contributed by atoms with Gasteiger partial charge in [-0.05, 0) is 18.2 Å². The molecule has 0 spiro atoms. The number of rotatable bonds is 3. The maximum absolute atomic E-state index is 13.6. The van der Waals surface area contributed by atoms with E-state index in [4.69, 9.17) is 0 Å². The number of benzene rings is 1. The highest BCUT2D eigenvalue weighted by molar-refractivity contribution is 9.10. The van der Waals surface area contributed by atoms with Crippen LogP contribution in [0.15, 0.2) is 33.6 Å². The molecule has 0 bridgehead atoms. The van der Waals surface area contributed by atoms with E-state index in [0.717, 1.165) is 5.69 Å². The maximum Gasteiger partial charge on any atom is 0.256 e. The number of nitrogens with zero attached hydrogens (tertiary/aromatic N) is 2. The molecule has 0 N–H and O–H groups in total. The van der Waals surface area contributed by atoms with E-state index in [1.54, 1.807) is 18.6 Å². The van der Waals surface area contributed by atoms with Crippen LogP contribution in [0.5, 0.6) is 0 Å². The van der Waals surface area contributed by atoms with Crippen molar-refractivity contribution in [1.82, 2.24) is 9.88 Å². The zero-order valence-electron chi connectivity index (χ0n) is 9.56. The lowest BCUT2D eigenvalue weighted by Crippen LogP contribution is -2.27. The fourth-order valence-electron chi connectivity index (χ4n) is 1.50. The molecule has 3 nitrogen and oxygen atoms in total. The largest absolute Gasteiger partial charge is 0.336 e. The SMILES string of the molecule is CN(Cc1cscn1)C(=O)c1cc(Br)ccc1F. The maximum atomic E-state index is 13.6. The average Bonchev–Trinajstić information content (AvgIpc) is 2.84. The lowest BCUT2D eigenvalue weighted by Gasteiger charge is -2.16. The molecule has 0 saturated carbocycles. The predicted octanol–water partition coefficient (Wildman–Crippen LogP) is 3.32. The number of hydrogen-bond acceptors (Lipinski definition) is 3. The summed E-state index contributed by atoms with van der Waals surface area (Å²) in [7, 11) is 1.63. The van der Waals surface area contributed by atoms with Crippen LogP contribution in [0, 0.1) is 5.82 Å². The first-order chi connectivity index (χ1) is 8.58. The quantitative estimate of drug-likeness (QED) is 0.865. The summed E-state index contributed by atoms with van der Waals surface area (Å²) in [6.07, 6.45) is 0. The summed E-state index contributed by atoms with van der Waals surface area (Å²) in [6, 6.07) is 4.32. The zero-order valence-corrected chi connectivity index (χ0v) is 12.0. The number of hydrogen-bond donors (Lipinski definition) is 0. The van der Waals surface area contributed by atoms with Crippen molar-refractivity contribution in [3.05, 3.63) is 50.6 Å². The van der Waals surface area contributed by atoms with Gasteiger partial charge in [0.2, 0.25) is 0 Å². The molecule has 1 aromatic carbocycles. The normalized spacial score (nSPS) is 10.4. The minimum absolute atomic E-state index is 0.0575. The minimum Gasteiger partial charge on any atom is -0.336 e. The molecule has 0 aliphatic rings. The Labute approximate surface area is 116 Å². The summed E-state index contributed by atoms with van der Waals surface area (Å²) in [6.45, 7) is 0.369. The van der Waals surface area contributed by atoms with Crippen molar-refractivity contribution in [2.24, 2.45) is 0 Å². The van der Waals surface area contributed by atoms with Gasteiger partial charge in [0, 0.05) is 16.9 Å². The summed E-state index contributed by atoms with van der Waals surface area (Å²) < 4.78 is 14.3. The molecule has 0 saturated heterocycles.